The van der Waals surface area contributed by atoms with Crippen LogP contribution in [0.25, 0.3) is 0 Å². The molecule has 3 heterocycles. The third kappa shape index (κ3) is 5.80. The van der Waals surface area contributed by atoms with E-state index in [2.05, 4.69) is 21.3 Å². The van der Waals surface area contributed by atoms with E-state index in [1.165, 1.54) is 6.07 Å². The maximum Gasteiger partial charge on any atom is 0.251 e. The molecule has 0 spiro atoms. The first kappa shape index (κ1) is 26.4. The van der Waals surface area contributed by atoms with Gasteiger partial charge in [0.25, 0.3) is 5.91 Å². The van der Waals surface area contributed by atoms with E-state index < -0.39 is 15.9 Å². The molecule has 0 unspecified atom stereocenters. The van der Waals surface area contributed by atoms with Crippen LogP contribution in [0.3, 0.4) is 0 Å². The Labute approximate surface area is 227 Å². The van der Waals surface area contributed by atoms with Crippen molar-refractivity contribution in [1.82, 2.24) is 10.6 Å². The van der Waals surface area contributed by atoms with Gasteiger partial charge in [-0.3, -0.25) is 14.4 Å². The molecule has 0 aromatic heterocycles. The van der Waals surface area contributed by atoms with Crippen LogP contribution in [0.4, 0.5) is 11.4 Å². The number of hydrogen-bond acceptors (Lipinski definition) is 6. The highest BCUT2D eigenvalue weighted by molar-refractivity contribution is 7.91. The maximum absolute atomic E-state index is 13.6. The van der Waals surface area contributed by atoms with Gasteiger partial charge in [0.15, 0.2) is 9.84 Å². The molecule has 3 aliphatic heterocycles. The van der Waals surface area contributed by atoms with Crippen LogP contribution in [-0.4, -0.2) is 31.9 Å². The van der Waals surface area contributed by atoms with Crippen molar-refractivity contribution in [3.05, 3.63) is 88.5 Å². The second kappa shape index (κ2) is 10.9. The molecule has 6 rings (SSSR count). The van der Waals surface area contributed by atoms with Crippen LogP contribution in [0.15, 0.2) is 65.6 Å². The number of carbonyl (C=O) groups is 3. The van der Waals surface area contributed by atoms with Gasteiger partial charge in [0, 0.05) is 36.4 Å². The van der Waals surface area contributed by atoms with Crippen molar-refractivity contribution >= 4 is 38.9 Å². The summed E-state index contributed by atoms with van der Waals surface area (Å²) in [6.45, 7) is 1.98. The Hall–Kier alpha value is -4.18. The molecule has 0 radical (unpaired) electrons. The number of fused-ring (bicyclic) bond motifs is 10. The zero-order valence-electron chi connectivity index (χ0n) is 21.5. The molecule has 0 fully saturated rings. The highest BCUT2D eigenvalue weighted by Crippen LogP contribution is 2.27. The second-order valence-electron chi connectivity index (χ2n) is 9.72. The Morgan fingerprint density at radius 2 is 1.64 bits per heavy atom. The van der Waals surface area contributed by atoms with Crippen molar-refractivity contribution in [2.45, 2.75) is 50.2 Å². The number of rotatable bonds is 4. The van der Waals surface area contributed by atoms with Crippen LogP contribution >= 0.6 is 0 Å². The molecule has 0 saturated heterocycles. The molecule has 0 saturated carbocycles. The SMILES string of the molecule is CCS(=O)(=O)c1ccc2cc1CNC(=O)[C@H](Nc1ccc3c(c1)C(=O)NC3)c1ccc(cc1)CCCC(=O)N2. The third-order valence-electron chi connectivity index (χ3n) is 7.06. The van der Waals surface area contributed by atoms with E-state index in [-0.39, 0.29) is 34.9 Å². The summed E-state index contributed by atoms with van der Waals surface area (Å²) in [5.41, 5.74) is 4.69. The number of sulfone groups is 1. The van der Waals surface area contributed by atoms with Crippen molar-refractivity contribution in [2.75, 3.05) is 16.4 Å². The van der Waals surface area contributed by atoms with Gasteiger partial charge in [0.2, 0.25) is 11.8 Å². The quantitative estimate of drug-likeness (QED) is 0.396. The maximum atomic E-state index is 13.6. The average Bonchev–Trinajstić information content (AvgIpc) is 3.30. The van der Waals surface area contributed by atoms with E-state index in [9.17, 15) is 22.8 Å². The van der Waals surface area contributed by atoms with Gasteiger partial charge < -0.3 is 21.3 Å². The topological polar surface area (TPSA) is 133 Å². The lowest BCUT2D eigenvalue weighted by Gasteiger charge is -2.22. The van der Waals surface area contributed by atoms with Crippen molar-refractivity contribution in [1.29, 1.82) is 0 Å². The second-order valence-corrected chi connectivity index (χ2v) is 12.0. The number of anilines is 2. The average molecular weight is 547 g/mol. The predicted molar refractivity (Wildman–Crippen MR) is 148 cm³/mol. The first-order chi connectivity index (χ1) is 18.7. The van der Waals surface area contributed by atoms with Gasteiger partial charge in [0.1, 0.15) is 6.04 Å². The smallest absolute Gasteiger partial charge is 0.251 e. The zero-order valence-corrected chi connectivity index (χ0v) is 22.4. The van der Waals surface area contributed by atoms with Crippen LogP contribution in [-0.2, 0) is 38.9 Å². The summed E-state index contributed by atoms with van der Waals surface area (Å²) in [6, 6.07) is 16.9. The van der Waals surface area contributed by atoms with Gasteiger partial charge >= 0.3 is 0 Å². The molecule has 3 aromatic rings. The predicted octanol–water partition coefficient (Wildman–Crippen LogP) is 3.47. The summed E-state index contributed by atoms with van der Waals surface area (Å²) in [5.74, 6) is -0.777. The zero-order chi connectivity index (χ0) is 27.6. The van der Waals surface area contributed by atoms with Crippen LogP contribution in [0, 0.1) is 0 Å². The van der Waals surface area contributed by atoms with E-state index >= 15 is 0 Å². The summed E-state index contributed by atoms with van der Waals surface area (Å²) < 4.78 is 25.6. The molecule has 3 aromatic carbocycles. The molecule has 9 nitrogen and oxygen atoms in total. The van der Waals surface area contributed by atoms with E-state index in [0.717, 1.165) is 11.1 Å². The fourth-order valence-electron chi connectivity index (χ4n) is 4.86. The number of aryl methyl sites for hydroxylation is 1. The lowest BCUT2D eigenvalue weighted by atomic mass is 10.0. The van der Waals surface area contributed by atoms with Crippen molar-refractivity contribution in [3.8, 4) is 0 Å². The lowest BCUT2D eigenvalue weighted by molar-refractivity contribution is -0.122. The monoisotopic (exact) mass is 546 g/mol. The number of amides is 3. The van der Waals surface area contributed by atoms with Crippen LogP contribution < -0.4 is 21.3 Å². The number of benzene rings is 3. The Morgan fingerprint density at radius 3 is 2.41 bits per heavy atom. The van der Waals surface area contributed by atoms with E-state index in [1.807, 2.05) is 36.4 Å². The highest BCUT2D eigenvalue weighted by Gasteiger charge is 2.25. The summed E-state index contributed by atoms with van der Waals surface area (Å²) in [5, 5.41) is 11.8. The number of nitrogens with one attached hydrogen (secondary N) is 4. The summed E-state index contributed by atoms with van der Waals surface area (Å²) in [7, 11) is -3.57. The fraction of sp³-hybridized carbons (Fsp3) is 0.276. The van der Waals surface area contributed by atoms with Gasteiger partial charge in [-0.25, -0.2) is 8.42 Å². The van der Waals surface area contributed by atoms with Crippen molar-refractivity contribution in [3.63, 3.8) is 0 Å². The minimum atomic E-state index is -3.57. The van der Waals surface area contributed by atoms with E-state index in [0.29, 0.717) is 53.9 Å². The number of carbonyl (C=O) groups excluding carboxylic acids is 3. The minimum Gasteiger partial charge on any atom is -0.370 e. The molecule has 39 heavy (non-hydrogen) atoms. The van der Waals surface area contributed by atoms with E-state index in [1.54, 1.807) is 25.1 Å². The van der Waals surface area contributed by atoms with Crippen LogP contribution in [0.2, 0.25) is 0 Å². The molecule has 4 N–H and O–H groups in total. The summed E-state index contributed by atoms with van der Waals surface area (Å²) >= 11 is 0. The van der Waals surface area contributed by atoms with Gasteiger partial charge in [0.05, 0.1) is 10.6 Å². The molecule has 4 bridgehead atoms. The Bertz CT molecular complexity index is 1550. The Balaban J connectivity index is 1.50. The molecule has 202 valence electrons. The minimum absolute atomic E-state index is 0.0556. The standard InChI is InChI=1S/C29H30N4O5S/c1-2-39(37,38)25-13-12-22-14-21(25)17-31-29(36)27(33-23-11-10-20-16-30-28(35)24(20)15-23)19-8-6-18(7-9-19)4-3-5-26(34)32-22/h6-15,27,33H,2-5,16-17H2,1H3,(H,30,35)(H,31,36)(H,32,34)/t27-/m1/s1. The van der Waals surface area contributed by atoms with Crippen molar-refractivity contribution in [2.24, 2.45) is 0 Å². The van der Waals surface area contributed by atoms with E-state index in [4.69, 9.17) is 0 Å². The molecule has 3 aliphatic rings. The molecule has 10 heteroatoms. The Kier molecular flexibility index (Phi) is 7.38. The number of hydrogen-bond donors (Lipinski definition) is 4. The van der Waals surface area contributed by atoms with Crippen LogP contribution in [0.1, 0.15) is 58.4 Å². The lowest BCUT2D eigenvalue weighted by Crippen LogP contribution is -2.33. The first-order valence-electron chi connectivity index (χ1n) is 12.9. The third-order valence-corrected chi connectivity index (χ3v) is 8.89. The normalized spacial score (nSPS) is 17.7. The van der Waals surface area contributed by atoms with Gasteiger partial charge in [-0.05, 0) is 65.4 Å². The molecular weight excluding hydrogens is 516 g/mol. The highest BCUT2D eigenvalue weighted by atomic mass is 32.2. The van der Waals surface area contributed by atoms with Gasteiger partial charge in [-0.15, -0.1) is 0 Å². The molecule has 0 aliphatic carbocycles. The van der Waals surface area contributed by atoms with Gasteiger partial charge in [-0.2, -0.15) is 0 Å². The van der Waals surface area contributed by atoms with Crippen LogP contribution in [0.5, 0.6) is 0 Å². The van der Waals surface area contributed by atoms with Crippen molar-refractivity contribution < 1.29 is 22.8 Å². The summed E-state index contributed by atoms with van der Waals surface area (Å²) in [4.78, 5) is 38.4. The molecular formula is C29H30N4O5S. The first-order valence-corrected chi connectivity index (χ1v) is 14.6. The fourth-order valence-corrected chi connectivity index (χ4v) is 5.98. The van der Waals surface area contributed by atoms with Gasteiger partial charge in [-0.1, -0.05) is 37.3 Å². The summed E-state index contributed by atoms with van der Waals surface area (Å²) in [6.07, 6.45) is 1.65. The molecule has 3 amide bonds. The molecule has 1 atom stereocenters. The Morgan fingerprint density at radius 1 is 0.872 bits per heavy atom. The largest absolute Gasteiger partial charge is 0.370 e.